The molecule has 1 N–H and O–H groups in total. The van der Waals surface area contributed by atoms with Gasteiger partial charge < -0.3 is 5.32 Å². The smallest absolute Gasteiger partial charge is 0.0375 e. The Morgan fingerprint density at radius 2 is 1.40 bits per heavy atom. The summed E-state index contributed by atoms with van der Waals surface area (Å²) in [7, 11) is 0. The summed E-state index contributed by atoms with van der Waals surface area (Å²) in [5.74, 6) is 0. The number of hydrogen-bond acceptors (Lipinski definition) is 1. The van der Waals surface area contributed by atoms with Crippen molar-refractivity contribution in [3.05, 3.63) is 78.4 Å². The molecule has 0 aromatic heterocycles. The lowest BCUT2D eigenvalue weighted by molar-refractivity contribution is 0.743. The van der Waals surface area contributed by atoms with E-state index < -0.39 is 0 Å². The van der Waals surface area contributed by atoms with Gasteiger partial charge in [0.15, 0.2) is 0 Å². The Morgan fingerprint density at radius 3 is 1.93 bits per heavy atom. The number of aryl methyl sites for hydroxylation is 2. The van der Waals surface area contributed by atoms with Crippen LogP contribution in [0.15, 0.2) is 61.7 Å². The van der Waals surface area contributed by atoms with Crippen LogP contribution >= 0.6 is 0 Å². The molecule has 0 spiro atoms. The summed E-state index contributed by atoms with van der Waals surface area (Å²) in [5.41, 5.74) is 8.63. The van der Waals surface area contributed by atoms with E-state index in [0.29, 0.717) is 0 Å². The first-order chi connectivity index (χ1) is 14.5. The summed E-state index contributed by atoms with van der Waals surface area (Å²) < 4.78 is 0. The second-order valence-electron chi connectivity index (χ2n) is 7.53. The lowest BCUT2D eigenvalue weighted by Gasteiger charge is -2.13. The van der Waals surface area contributed by atoms with Gasteiger partial charge >= 0.3 is 0 Å². The van der Waals surface area contributed by atoms with Crippen molar-refractivity contribution in [1.29, 1.82) is 0 Å². The van der Waals surface area contributed by atoms with E-state index in [1.54, 1.807) is 11.1 Å². The number of unbranched alkanes of at least 4 members (excludes halogenated alkanes) is 2. The van der Waals surface area contributed by atoms with Crippen LogP contribution in [0.3, 0.4) is 0 Å². The van der Waals surface area contributed by atoms with Gasteiger partial charge in [-0.15, -0.1) is 26.3 Å². The molecule has 0 heterocycles. The molecule has 0 unspecified atom stereocenters. The highest BCUT2D eigenvalue weighted by atomic mass is 14.9. The monoisotopic (exact) mass is 411 g/mol. The van der Waals surface area contributed by atoms with Crippen molar-refractivity contribution in [3.8, 4) is 0 Å². The zero-order chi connectivity index (χ0) is 23.4. The molecule has 170 valence electrons. The first-order valence-corrected chi connectivity index (χ1v) is 11.7. The van der Waals surface area contributed by atoms with E-state index in [4.69, 9.17) is 0 Å². The number of hydrogen-bond donors (Lipinski definition) is 1. The van der Waals surface area contributed by atoms with Crippen LogP contribution in [0.2, 0.25) is 0 Å². The van der Waals surface area contributed by atoms with E-state index in [9.17, 15) is 0 Å². The molecule has 1 heteroatoms. The minimum absolute atomic E-state index is 1.09. The molecule has 0 aliphatic heterocycles. The molecular weight excluding hydrogens is 362 g/mol. The Kier molecular flexibility index (Phi) is 20.4. The van der Waals surface area contributed by atoms with Crippen LogP contribution in [0.1, 0.15) is 88.8 Å². The van der Waals surface area contributed by atoms with Crippen molar-refractivity contribution in [2.45, 2.75) is 92.9 Å². The zero-order valence-corrected chi connectivity index (χ0v) is 21.0. The van der Waals surface area contributed by atoms with Gasteiger partial charge in [-0.25, -0.2) is 0 Å². The molecule has 30 heavy (non-hydrogen) atoms. The number of anilines is 1. The molecular formula is C29H49N. The van der Waals surface area contributed by atoms with Gasteiger partial charge in [0, 0.05) is 12.2 Å². The summed E-state index contributed by atoms with van der Waals surface area (Å²) in [5, 5.41) is 3.53. The molecule has 1 aliphatic carbocycles. The molecule has 0 radical (unpaired) electrons. The number of allylic oxidation sites excluding steroid dienone is 4. The minimum Gasteiger partial charge on any atom is -0.385 e. The summed E-state index contributed by atoms with van der Waals surface area (Å²) >= 11 is 0. The van der Waals surface area contributed by atoms with E-state index in [2.05, 4.69) is 97.5 Å². The number of rotatable bonds is 8. The Labute approximate surface area is 189 Å². The van der Waals surface area contributed by atoms with Crippen molar-refractivity contribution in [1.82, 2.24) is 0 Å². The topological polar surface area (TPSA) is 12.0 Å². The number of nitrogens with one attached hydrogen (secondary N) is 1. The van der Waals surface area contributed by atoms with Gasteiger partial charge in [0.2, 0.25) is 0 Å². The average molecular weight is 412 g/mol. The molecule has 1 aliphatic rings. The molecule has 2 rings (SSSR count). The van der Waals surface area contributed by atoms with Crippen LogP contribution in [0.25, 0.3) is 0 Å². The molecule has 0 saturated carbocycles. The molecule has 1 aromatic rings. The van der Waals surface area contributed by atoms with Gasteiger partial charge in [0.05, 0.1) is 0 Å². The quantitative estimate of drug-likeness (QED) is 0.331. The Balaban J connectivity index is 0. The Morgan fingerprint density at radius 1 is 0.800 bits per heavy atom. The standard InChI is InChI=1S/C14H23N.C11H18.2C2H4/c1-5-6-7-8-15-14-10-11(2)9-12(3)13(14)4;1-3-7-11-9-6-5-8-10(11)4-2;2*1-2/h9-10,15H,5-8H2,1-4H3;8-9H,3-7H2,1-2H3;2*1-2H2. The fourth-order valence-electron chi connectivity index (χ4n) is 3.50. The Bertz CT molecular complexity index is 619. The molecule has 0 atom stereocenters. The molecule has 0 amide bonds. The fourth-order valence-corrected chi connectivity index (χ4v) is 3.50. The Hall–Kier alpha value is -2.02. The summed E-state index contributed by atoms with van der Waals surface area (Å²) in [6.07, 6.45) is 15.0. The van der Waals surface area contributed by atoms with E-state index in [1.165, 1.54) is 73.7 Å². The summed E-state index contributed by atoms with van der Waals surface area (Å²) in [6, 6.07) is 4.49. The van der Waals surface area contributed by atoms with Crippen molar-refractivity contribution in [2.75, 3.05) is 11.9 Å². The maximum Gasteiger partial charge on any atom is 0.0375 e. The van der Waals surface area contributed by atoms with Crippen LogP contribution in [-0.2, 0) is 0 Å². The maximum atomic E-state index is 3.53. The summed E-state index contributed by atoms with van der Waals surface area (Å²) in [6.45, 7) is 26.4. The number of benzene rings is 1. The van der Waals surface area contributed by atoms with Crippen LogP contribution in [-0.4, -0.2) is 6.54 Å². The fraction of sp³-hybridized carbons (Fsp3) is 0.517. The SMILES string of the molecule is C=C.C=C.CCCC1=CCCC=C1CC.CCCCCNc1cc(C)cc(C)c1C. The van der Waals surface area contributed by atoms with E-state index in [0.717, 1.165) is 6.54 Å². The molecule has 0 bridgehead atoms. The second kappa shape index (κ2) is 20.3. The van der Waals surface area contributed by atoms with Crippen molar-refractivity contribution in [2.24, 2.45) is 0 Å². The van der Waals surface area contributed by atoms with E-state index in [1.807, 2.05) is 0 Å². The predicted octanol–water partition coefficient (Wildman–Crippen LogP) is 9.66. The largest absolute Gasteiger partial charge is 0.385 e. The highest BCUT2D eigenvalue weighted by Gasteiger charge is 2.05. The third kappa shape index (κ3) is 12.5. The third-order valence-electron chi connectivity index (χ3n) is 5.17. The van der Waals surface area contributed by atoms with Crippen LogP contribution in [0.4, 0.5) is 5.69 Å². The van der Waals surface area contributed by atoms with Gasteiger partial charge in [0.25, 0.3) is 0 Å². The highest BCUT2D eigenvalue weighted by Crippen LogP contribution is 2.24. The summed E-state index contributed by atoms with van der Waals surface area (Å²) in [4.78, 5) is 0. The molecule has 0 fully saturated rings. The second-order valence-corrected chi connectivity index (χ2v) is 7.53. The van der Waals surface area contributed by atoms with Crippen molar-refractivity contribution >= 4 is 5.69 Å². The minimum atomic E-state index is 1.09. The van der Waals surface area contributed by atoms with Gasteiger partial charge in [-0.05, 0) is 86.8 Å². The first-order valence-electron chi connectivity index (χ1n) is 11.7. The predicted molar refractivity (Wildman–Crippen MR) is 142 cm³/mol. The molecule has 1 aromatic carbocycles. The molecule has 0 saturated heterocycles. The normalized spacial score (nSPS) is 11.9. The average Bonchev–Trinajstić information content (AvgIpc) is 2.78. The van der Waals surface area contributed by atoms with Gasteiger partial charge in [-0.3, -0.25) is 0 Å². The van der Waals surface area contributed by atoms with Crippen LogP contribution < -0.4 is 5.32 Å². The van der Waals surface area contributed by atoms with E-state index >= 15 is 0 Å². The van der Waals surface area contributed by atoms with Crippen LogP contribution in [0.5, 0.6) is 0 Å². The van der Waals surface area contributed by atoms with Gasteiger partial charge in [-0.2, -0.15) is 0 Å². The van der Waals surface area contributed by atoms with Crippen molar-refractivity contribution < 1.29 is 0 Å². The van der Waals surface area contributed by atoms with Gasteiger partial charge in [-0.1, -0.05) is 58.3 Å². The van der Waals surface area contributed by atoms with Gasteiger partial charge in [0.1, 0.15) is 0 Å². The van der Waals surface area contributed by atoms with Crippen LogP contribution in [0, 0.1) is 20.8 Å². The molecule has 1 nitrogen and oxygen atoms in total. The zero-order valence-electron chi connectivity index (χ0n) is 21.0. The third-order valence-corrected chi connectivity index (χ3v) is 5.17. The van der Waals surface area contributed by atoms with Crippen molar-refractivity contribution in [3.63, 3.8) is 0 Å². The maximum absolute atomic E-state index is 3.53. The van der Waals surface area contributed by atoms with E-state index in [-0.39, 0.29) is 0 Å². The lowest BCUT2D eigenvalue weighted by Crippen LogP contribution is -2.04. The highest BCUT2D eigenvalue weighted by molar-refractivity contribution is 5.55. The first kappa shape index (κ1) is 30.2. The lowest BCUT2D eigenvalue weighted by atomic mass is 9.93.